The van der Waals surface area contributed by atoms with Crippen LogP contribution in [0, 0.1) is 12.3 Å². The van der Waals surface area contributed by atoms with Crippen molar-refractivity contribution in [3.05, 3.63) is 29.8 Å². The van der Waals surface area contributed by atoms with E-state index in [1.807, 2.05) is 12.1 Å². The molecule has 2 heteroatoms. The van der Waals surface area contributed by atoms with E-state index in [0.717, 1.165) is 31.7 Å². The first kappa shape index (κ1) is 13.6. The van der Waals surface area contributed by atoms with Gasteiger partial charge in [0.1, 0.15) is 5.75 Å². The van der Waals surface area contributed by atoms with Crippen LogP contribution in [-0.2, 0) is 6.54 Å². The van der Waals surface area contributed by atoms with Crippen molar-refractivity contribution < 1.29 is 4.74 Å². The fourth-order valence-electron chi connectivity index (χ4n) is 1.49. The van der Waals surface area contributed by atoms with E-state index in [-0.39, 0.29) is 6.04 Å². The van der Waals surface area contributed by atoms with Gasteiger partial charge in [-0.05, 0) is 30.5 Å². The molecule has 17 heavy (non-hydrogen) atoms. The Kier molecular flexibility index (Phi) is 6.21. The van der Waals surface area contributed by atoms with Gasteiger partial charge in [0.05, 0.1) is 12.6 Å². The third kappa shape index (κ3) is 4.93. The standard InChI is InChI=1S/C15H21NO/c1-4-11-17-15-9-7-13(8-10-15)12-16-14(5-2)6-3/h2,7-10,14,16H,4,6,11-12H2,1,3H3. The smallest absolute Gasteiger partial charge is 0.119 e. The van der Waals surface area contributed by atoms with Crippen LogP contribution in [0.1, 0.15) is 32.3 Å². The van der Waals surface area contributed by atoms with Crippen LogP contribution in [0.3, 0.4) is 0 Å². The number of ether oxygens (including phenoxy) is 1. The van der Waals surface area contributed by atoms with Crippen molar-refractivity contribution in [1.29, 1.82) is 0 Å². The minimum Gasteiger partial charge on any atom is -0.494 e. The Bertz CT molecular complexity index is 350. The molecule has 1 N–H and O–H groups in total. The van der Waals surface area contributed by atoms with Crippen molar-refractivity contribution in [1.82, 2.24) is 5.32 Å². The van der Waals surface area contributed by atoms with Gasteiger partial charge in [-0.25, -0.2) is 0 Å². The first-order valence-electron chi connectivity index (χ1n) is 6.21. The van der Waals surface area contributed by atoms with E-state index in [9.17, 15) is 0 Å². The highest BCUT2D eigenvalue weighted by Gasteiger charge is 2.01. The van der Waals surface area contributed by atoms with Gasteiger partial charge in [-0.2, -0.15) is 0 Å². The Morgan fingerprint density at radius 1 is 1.29 bits per heavy atom. The lowest BCUT2D eigenvalue weighted by Crippen LogP contribution is -2.25. The van der Waals surface area contributed by atoms with E-state index in [2.05, 4.69) is 37.2 Å². The zero-order chi connectivity index (χ0) is 12.5. The maximum Gasteiger partial charge on any atom is 0.119 e. The maximum absolute atomic E-state index is 5.53. The number of hydrogen-bond acceptors (Lipinski definition) is 2. The highest BCUT2D eigenvalue weighted by Crippen LogP contribution is 2.12. The van der Waals surface area contributed by atoms with Crippen LogP contribution < -0.4 is 10.1 Å². The normalized spacial score (nSPS) is 11.8. The molecule has 0 aliphatic rings. The second-order valence-electron chi connectivity index (χ2n) is 4.00. The van der Waals surface area contributed by atoms with Gasteiger partial charge in [-0.3, -0.25) is 5.32 Å². The van der Waals surface area contributed by atoms with Gasteiger partial charge in [0.25, 0.3) is 0 Å². The van der Waals surface area contributed by atoms with Gasteiger partial charge in [-0.1, -0.05) is 31.9 Å². The Labute approximate surface area is 104 Å². The lowest BCUT2D eigenvalue weighted by molar-refractivity contribution is 0.317. The molecule has 2 nitrogen and oxygen atoms in total. The molecule has 0 aliphatic heterocycles. The summed E-state index contributed by atoms with van der Waals surface area (Å²) in [7, 11) is 0. The van der Waals surface area contributed by atoms with Crippen molar-refractivity contribution in [2.75, 3.05) is 6.61 Å². The van der Waals surface area contributed by atoms with Crippen LogP contribution in [0.2, 0.25) is 0 Å². The number of terminal acetylenes is 1. The molecular formula is C15H21NO. The van der Waals surface area contributed by atoms with Crippen LogP contribution in [0.15, 0.2) is 24.3 Å². The zero-order valence-electron chi connectivity index (χ0n) is 10.7. The lowest BCUT2D eigenvalue weighted by atomic mass is 10.2. The molecule has 0 heterocycles. The minimum atomic E-state index is 0.158. The molecule has 92 valence electrons. The van der Waals surface area contributed by atoms with Gasteiger partial charge in [0.2, 0.25) is 0 Å². The summed E-state index contributed by atoms with van der Waals surface area (Å²) in [6.07, 6.45) is 7.38. The fraction of sp³-hybridized carbons (Fsp3) is 0.467. The maximum atomic E-state index is 5.53. The Balaban J connectivity index is 2.43. The van der Waals surface area contributed by atoms with Gasteiger partial charge >= 0.3 is 0 Å². The predicted molar refractivity (Wildman–Crippen MR) is 72.0 cm³/mol. The molecule has 0 aromatic heterocycles. The Morgan fingerprint density at radius 3 is 2.53 bits per heavy atom. The number of nitrogens with one attached hydrogen (secondary N) is 1. The molecule has 1 unspecified atom stereocenters. The summed E-state index contributed by atoms with van der Waals surface area (Å²) in [6, 6.07) is 8.31. The molecule has 0 radical (unpaired) electrons. The van der Waals surface area contributed by atoms with Crippen LogP contribution in [0.25, 0.3) is 0 Å². The molecule has 0 spiro atoms. The highest BCUT2D eigenvalue weighted by molar-refractivity contribution is 5.27. The van der Waals surface area contributed by atoms with Crippen LogP contribution in [0.4, 0.5) is 0 Å². The summed E-state index contributed by atoms with van der Waals surface area (Å²) in [4.78, 5) is 0. The summed E-state index contributed by atoms with van der Waals surface area (Å²) in [5.41, 5.74) is 1.22. The Morgan fingerprint density at radius 2 is 2.00 bits per heavy atom. The van der Waals surface area contributed by atoms with E-state index in [1.54, 1.807) is 0 Å². The summed E-state index contributed by atoms with van der Waals surface area (Å²) < 4.78 is 5.53. The first-order chi connectivity index (χ1) is 8.30. The summed E-state index contributed by atoms with van der Waals surface area (Å²) in [5.74, 6) is 3.66. The average molecular weight is 231 g/mol. The molecule has 0 fully saturated rings. The molecule has 0 aliphatic carbocycles. The summed E-state index contributed by atoms with van der Waals surface area (Å²) in [6.45, 7) is 5.76. The largest absolute Gasteiger partial charge is 0.494 e. The van der Waals surface area contributed by atoms with Crippen LogP contribution >= 0.6 is 0 Å². The summed E-state index contributed by atoms with van der Waals surface area (Å²) in [5, 5.41) is 3.32. The third-order valence-electron chi connectivity index (χ3n) is 2.56. The van der Waals surface area contributed by atoms with Crippen molar-refractivity contribution in [3.8, 4) is 18.1 Å². The van der Waals surface area contributed by atoms with Gasteiger partial charge < -0.3 is 4.74 Å². The fourth-order valence-corrected chi connectivity index (χ4v) is 1.49. The first-order valence-corrected chi connectivity index (χ1v) is 6.21. The van der Waals surface area contributed by atoms with Crippen molar-refractivity contribution in [3.63, 3.8) is 0 Å². The average Bonchev–Trinajstić information content (AvgIpc) is 2.39. The van der Waals surface area contributed by atoms with Gasteiger partial charge in [0.15, 0.2) is 0 Å². The van der Waals surface area contributed by atoms with E-state index in [1.165, 1.54) is 5.56 Å². The van der Waals surface area contributed by atoms with E-state index in [0.29, 0.717) is 0 Å². The highest BCUT2D eigenvalue weighted by atomic mass is 16.5. The van der Waals surface area contributed by atoms with E-state index >= 15 is 0 Å². The third-order valence-corrected chi connectivity index (χ3v) is 2.56. The Hall–Kier alpha value is -1.46. The van der Waals surface area contributed by atoms with Gasteiger partial charge in [-0.15, -0.1) is 6.42 Å². The van der Waals surface area contributed by atoms with Crippen LogP contribution in [-0.4, -0.2) is 12.6 Å². The zero-order valence-corrected chi connectivity index (χ0v) is 10.7. The van der Waals surface area contributed by atoms with Crippen LogP contribution in [0.5, 0.6) is 5.75 Å². The molecule has 0 saturated heterocycles. The monoisotopic (exact) mass is 231 g/mol. The molecule has 0 saturated carbocycles. The molecular weight excluding hydrogens is 210 g/mol. The van der Waals surface area contributed by atoms with Crippen molar-refractivity contribution in [2.45, 2.75) is 39.3 Å². The van der Waals surface area contributed by atoms with E-state index < -0.39 is 0 Å². The SMILES string of the molecule is C#CC(CC)NCc1ccc(OCCC)cc1. The predicted octanol–water partition coefficient (Wildman–Crippen LogP) is 2.98. The number of rotatable bonds is 7. The van der Waals surface area contributed by atoms with Crippen molar-refractivity contribution in [2.24, 2.45) is 0 Å². The molecule has 0 bridgehead atoms. The van der Waals surface area contributed by atoms with Crippen molar-refractivity contribution >= 4 is 0 Å². The molecule has 0 amide bonds. The van der Waals surface area contributed by atoms with E-state index in [4.69, 9.17) is 11.2 Å². The molecule has 1 rings (SSSR count). The minimum absolute atomic E-state index is 0.158. The number of benzene rings is 1. The second-order valence-corrected chi connectivity index (χ2v) is 4.00. The van der Waals surface area contributed by atoms with Gasteiger partial charge in [0, 0.05) is 6.54 Å². The quantitative estimate of drug-likeness (QED) is 0.728. The number of hydrogen-bond donors (Lipinski definition) is 1. The molecule has 1 atom stereocenters. The molecule has 1 aromatic carbocycles. The lowest BCUT2D eigenvalue weighted by Gasteiger charge is -2.11. The summed E-state index contributed by atoms with van der Waals surface area (Å²) >= 11 is 0. The topological polar surface area (TPSA) is 21.3 Å². The molecule has 1 aromatic rings. The second kappa shape index (κ2) is 7.76.